The molecule has 1 N–H and O–H groups in total. The first-order chi connectivity index (χ1) is 11.6. The molecule has 0 radical (unpaired) electrons. The fourth-order valence-electron chi connectivity index (χ4n) is 2.08. The van der Waals surface area contributed by atoms with Crippen LogP contribution >= 0.6 is 0 Å². The minimum atomic E-state index is -1.69. The van der Waals surface area contributed by atoms with Gasteiger partial charge in [0, 0.05) is 13.0 Å². The molecule has 0 aromatic heterocycles. The number of rotatable bonds is 14. The second-order valence-corrected chi connectivity index (χ2v) is 5.23. The number of unbranched alkanes of at least 4 members (excludes halogenated alkanes) is 1. The van der Waals surface area contributed by atoms with Gasteiger partial charge < -0.3 is 24.1 Å². The zero-order valence-corrected chi connectivity index (χ0v) is 14.5. The van der Waals surface area contributed by atoms with E-state index < -0.39 is 11.8 Å². The van der Waals surface area contributed by atoms with Crippen molar-refractivity contribution in [2.75, 3.05) is 33.0 Å². The van der Waals surface area contributed by atoms with Gasteiger partial charge in [-0.05, 0) is 25.5 Å². The number of carboxylic acids is 1. The molecule has 0 fully saturated rings. The summed E-state index contributed by atoms with van der Waals surface area (Å²) in [6.07, 6.45) is 1.80. The van der Waals surface area contributed by atoms with E-state index >= 15 is 0 Å². The van der Waals surface area contributed by atoms with Crippen LogP contribution in [-0.4, -0.2) is 49.9 Å². The number of carbonyl (C=O) groups is 1. The van der Waals surface area contributed by atoms with Crippen LogP contribution in [0.25, 0.3) is 0 Å². The van der Waals surface area contributed by atoms with Crippen molar-refractivity contribution in [3.8, 4) is 5.75 Å². The molecule has 0 amide bonds. The average Bonchev–Trinajstić information content (AvgIpc) is 2.59. The van der Waals surface area contributed by atoms with Crippen molar-refractivity contribution in [3.63, 3.8) is 0 Å². The van der Waals surface area contributed by atoms with Crippen molar-refractivity contribution in [1.29, 1.82) is 0 Å². The smallest absolute Gasteiger partial charge is 0.377 e. The maximum atomic E-state index is 11.8. The summed E-state index contributed by atoms with van der Waals surface area (Å²) in [5, 5.41) is 9.67. The maximum Gasteiger partial charge on any atom is 0.377 e. The van der Waals surface area contributed by atoms with Crippen LogP contribution in [0.3, 0.4) is 0 Å². The Morgan fingerprint density at radius 2 is 1.71 bits per heavy atom. The first-order valence-electron chi connectivity index (χ1n) is 8.41. The molecule has 0 heterocycles. The monoisotopic (exact) mass is 340 g/mol. The SMILES string of the molecule is CCCCC(OCCOCCOCC)(Oc1ccccc1)C(=O)O. The van der Waals surface area contributed by atoms with Crippen LogP contribution in [0.5, 0.6) is 5.75 Å². The summed E-state index contributed by atoms with van der Waals surface area (Å²) in [6.45, 7) is 5.93. The topological polar surface area (TPSA) is 74.2 Å². The molecule has 24 heavy (non-hydrogen) atoms. The molecule has 1 unspecified atom stereocenters. The largest absolute Gasteiger partial charge is 0.476 e. The molecule has 0 aliphatic carbocycles. The first kappa shape index (κ1) is 20.4. The van der Waals surface area contributed by atoms with Crippen molar-refractivity contribution in [2.45, 2.75) is 38.9 Å². The fraction of sp³-hybridized carbons (Fsp3) is 0.611. The maximum absolute atomic E-state index is 11.8. The Bertz CT molecular complexity index is 450. The zero-order chi connectivity index (χ0) is 17.7. The van der Waals surface area contributed by atoms with Crippen molar-refractivity contribution in [3.05, 3.63) is 30.3 Å². The summed E-state index contributed by atoms with van der Waals surface area (Å²) in [5.41, 5.74) is 0. The van der Waals surface area contributed by atoms with E-state index in [0.717, 1.165) is 6.42 Å². The number of hydrogen-bond acceptors (Lipinski definition) is 5. The van der Waals surface area contributed by atoms with E-state index in [1.54, 1.807) is 24.3 Å². The van der Waals surface area contributed by atoms with E-state index in [4.69, 9.17) is 18.9 Å². The van der Waals surface area contributed by atoms with Gasteiger partial charge in [-0.15, -0.1) is 0 Å². The van der Waals surface area contributed by atoms with Crippen molar-refractivity contribution >= 4 is 5.97 Å². The van der Waals surface area contributed by atoms with Gasteiger partial charge in [-0.2, -0.15) is 0 Å². The summed E-state index contributed by atoms with van der Waals surface area (Å²) in [4.78, 5) is 11.8. The van der Waals surface area contributed by atoms with Gasteiger partial charge in [0.1, 0.15) is 5.75 Å². The standard InChI is InChI=1S/C18H28O6/c1-3-5-11-18(17(19)20,24-16-9-7-6-8-10-16)23-15-14-22-13-12-21-4-2/h6-10H,3-5,11-15H2,1-2H3,(H,19,20). The fourth-order valence-corrected chi connectivity index (χ4v) is 2.08. The average molecular weight is 340 g/mol. The van der Waals surface area contributed by atoms with E-state index in [1.807, 2.05) is 19.9 Å². The molecule has 0 spiro atoms. The molecule has 0 aliphatic rings. The van der Waals surface area contributed by atoms with Crippen molar-refractivity contribution in [1.82, 2.24) is 0 Å². The summed E-state index contributed by atoms with van der Waals surface area (Å²) in [7, 11) is 0. The molecule has 0 bridgehead atoms. The molecule has 6 nitrogen and oxygen atoms in total. The molecule has 6 heteroatoms. The summed E-state index contributed by atoms with van der Waals surface area (Å²) < 4.78 is 21.9. The van der Waals surface area contributed by atoms with Gasteiger partial charge in [0.25, 0.3) is 0 Å². The van der Waals surface area contributed by atoms with Crippen LogP contribution in [-0.2, 0) is 19.0 Å². The predicted octanol–water partition coefficient (Wildman–Crippen LogP) is 3.11. The molecule has 1 aromatic rings. The third-order valence-electron chi connectivity index (χ3n) is 3.35. The number of aliphatic carboxylic acids is 1. The van der Waals surface area contributed by atoms with Crippen LogP contribution in [0.4, 0.5) is 0 Å². The zero-order valence-electron chi connectivity index (χ0n) is 14.5. The number of para-hydroxylation sites is 1. The Morgan fingerprint density at radius 1 is 1.04 bits per heavy atom. The normalized spacial score (nSPS) is 13.4. The molecule has 1 rings (SSSR count). The second kappa shape index (κ2) is 11.8. The van der Waals surface area contributed by atoms with Crippen LogP contribution in [0.15, 0.2) is 30.3 Å². The van der Waals surface area contributed by atoms with E-state index in [0.29, 0.717) is 32.0 Å². The molecule has 0 aliphatic heterocycles. The Balaban J connectivity index is 2.60. The number of benzene rings is 1. The summed E-state index contributed by atoms with van der Waals surface area (Å²) in [5.74, 6) is -2.36. The number of carboxylic acid groups (broad SMARTS) is 1. The van der Waals surface area contributed by atoms with E-state index in [9.17, 15) is 9.90 Å². The lowest BCUT2D eigenvalue weighted by molar-refractivity contribution is -0.218. The van der Waals surface area contributed by atoms with Crippen LogP contribution in [0, 0.1) is 0 Å². The number of ether oxygens (including phenoxy) is 4. The minimum Gasteiger partial charge on any atom is -0.476 e. The Labute approximate surface area is 143 Å². The lowest BCUT2D eigenvalue weighted by Gasteiger charge is -2.30. The Kier molecular flexibility index (Phi) is 10.1. The van der Waals surface area contributed by atoms with Gasteiger partial charge in [-0.1, -0.05) is 31.5 Å². The molecule has 1 aromatic carbocycles. The lowest BCUT2D eigenvalue weighted by atomic mass is 10.1. The lowest BCUT2D eigenvalue weighted by Crippen LogP contribution is -2.48. The Morgan fingerprint density at radius 3 is 2.33 bits per heavy atom. The van der Waals surface area contributed by atoms with E-state index in [2.05, 4.69) is 0 Å². The highest BCUT2D eigenvalue weighted by atomic mass is 16.7. The van der Waals surface area contributed by atoms with Gasteiger partial charge >= 0.3 is 11.8 Å². The van der Waals surface area contributed by atoms with Gasteiger partial charge in [-0.25, -0.2) is 4.79 Å². The summed E-state index contributed by atoms with van der Waals surface area (Å²) in [6, 6.07) is 8.85. The molecule has 1 atom stereocenters. The molecular weight excluding hydrogens is 312 g/mol. The predicted molar refractivity (Wildman–Crippen MR) is 90.2 cm³/mol. The summed E-state index contributed by atoms with van der Waals surface area (Å²) >= 11 is 0. The third kappa shape index (κ3) is 7.29. The van der Waals surface area contributed by atoms with Crippen LogP contribution < -0.4 is 4.74 Å². The minimum absolute atomic E-state index is 0.134. The van der Waals surface area contributed by atoms with Gasteiger partial charge in [0.05, 0.1) is 26.4 Å². The molecule has 136 valence electrons. The van der Waals surface area contributed by atoms with Gasteiger partial charge in [0.15, 0.2) is 0 Å². The molecular formula is C18H28O6. The van der Waals surface area contributed by atoms with Crippen LogP contribution in [0.1, 0.15) is 33.1 Å². The second-order valence-electron chi connectivity index (χ2n) is 5.23. The highest BCUT2D eigenvalue weighted by Crippen LogP contribution is 2.25. The van der Waals surface area contributed by atoms with Crippen molar-refractivity contribution in [2.24, 2.45) is 0 Å². The highest BCUT2D eigenvalue weighted by molar-refractivity contribution is 5.76. The van der Waals surface area contributed by atoms with Gasteiger partial charge in [-0.3, -0.25) is 0 Å². The molecule has 0 saturated carbocycles. The highest BCUT2D eigenvalue weighted by Gasteiger charge is 2.42. The quantitative estimate of drug-likeness (QED) is 0.414. The van der Waals surface area contributed by atoms with Crippen LogP contribution in [0.2, 0.25) is 0 Å². The van der Waals surface area contributed by atoms with E-state index in [-0.39, 0.29) is 19.6 Å². The van der Waals surface area contributed by atoms with E-state index in [1.165, 1.54) is 0 Å². The van der Waals surface area contributed by atoms with Crippen molar-refractivity contribution < 1.29 is 28.8 Å². The Hall–Kier alpha value is -1.63. The first-order valence-corrected chi connectivity index (χ1v) is 8.41. The third-order valence-corrected chi connectivity index (χ3v) is 3.35. The number of hydrogen-bond donors (Lipinski definition) is 1. The molecule has 0 saturated heterocycles. The van der Waals surface area contributed by atoms with Gasteiger partial charge in [0.2, 0.25) is 0 Å².